The van der Waals surface area contributed by atoms with E-state index in [9.17, 15) is 9.90 Å². The number of carbonyl (C=O) groups is 1. The number of rotatable bonds is 1. The Balaban J connectivity index is 2.10. The third kappa shape index (κ3) is 2.79. The van der Waals surface area contributed by atoms with Crippen LogP contribution in [-0.4, -0.2) is 41.1 Å². The largest absolute Gasteiger partial charge is 0.391 e. The normalized spacial score (nSPS) is 39.1. The lowest BCUT2D eigenvalue weighted by Gasteiger charge is -2.48. The average Bonchev–Trinajstić information content (AvgIpc) is 2.35. The molecule has 0 spiro atoms. The van der Waals surface area contributed by atoms with Crippen molar-refractivity contribution in [2.24, 2.45) is 23.0 Å². The van der Waals surface area contributed by atoms with Gasteiger partial charge in [-0.25, -0.2) is 0 Å². The van der Waals surface area contributed by atoms with Crippen molar-refractivity contribution in [2.75, 3.05) is 13.1 Å². The van der Waals surface area contributed by atoms with Gasteiger partial charge in [0, 0.05) is 25.0 Å². The van der Waals surface area contributed by atoms with E-state index in [2.05, 4.69) is 20.8 Å². The quantitative estimate of drug-likeness (QED) is 0.755. The van der Waals surface area contributed by atoms with Gasteiger partial charge in [-0.1, -0.05) is 20.8 Å². The fourth-order valence-corrected chi connectivity index (χ4v) is 3.67. The topological polar surface area (TPSA) is 66.6 Å². The summed E-state index contributed by atoms with van der Waals surface area (Å²) in [7, 11) is 0. The van der Waals surface area contributed by atoms with Gasteiger partial charge in [-0.05, 0) is 37.0 Å². The van der Waals surface area contributed by atoms with E-state index >= 15 is 0 Å². The standard InChI is InChI=1S/C15H28N2O2/c1-10-13(16)7-6-12(15(10,2)3)14(19)17-8-4-5-11(18)9-17/h10-13,18H,4-9,16H2,1-3H3/t10?,11-,12?,13?/m0/s1. The van der Waals surface area contributed by atoms with Crippen molar-refractivity contribution in [3.8, 4) is 0 Å². The van der Waals surface area contributed by atoms with Gasteiger partial charge in [0.25, 0.3) is 0 Å². The van der Waals surface area contributed by atoms with E-state index in [0.29, 0.717) is 12.5 Å². The second-order valence-electron chi connectivity index (χ2n) is 6.98. The zero-order chi connectivity index (χ0) is 14.2. The van der Waals surface area contributed by atoms with Gasteiger partial charge in [0.1, 0.15) is 0 Å². The minimum atomic E-state index is -0.343. The molecule has 2 fully saturated rings. The summed E-state index contributed by atoms with van der Waals surface area (Å²) in [4.78, 5) is 14.6. The zero-order valence-electron chi connectivity index (χ0n) is 12.4. The SMILES string of the molecule is CC1C(N)CCC(C(=O)N2CCC[C@H](O)C2)C1(C)C. The lowest BCUT2D eigenvalue weighted by Crippen LogP contribution is -2.54. The summed E-state index contributed by atoms with van der Waals surface area (Å²) in [6, 6.07) is 0.200. The maximum absolute atomic E-state index is 12.7. The van der Waals surface area contributed by atoms with Crippen LogP contribution in [-0.2, 0) is 4.79 Å². The van der Waals surface area contributed by atoms with Crippen molar-refractivity contribution in [2.45, 2.75) is 58.6 Å². The summed E-state index contributed by atoms with van der Waals surface area (Å²) < 4.78 is 0. The van der Waals surface area contributed by atoms with Gasteiger partial charge in [-0.15, -0.1) is 0 Å². The highest BCUT2D eigenvalue weighted by atomic mass is 16.3. The predicted octanol–water partition coefficient (Wildman–Crippen LogP) is 1.37. The molecule has 4 heteroatoms. The van der Waals surface area contributed by atoms with Crippen LogP contribution in [0.15, 0.2) is 0 Å². The van der Waals surface area contributed by atoms with Crippen molar-refractivity contribution in [1.82, 2.24) is 4.90 Å². The molecule has 110 valence electrons. The molecular formula is C15H28N2O2. The van der Waals surface area contributed by atoms with Gasteiger partial charge in [-0.3, -0.25) is 4.79 Å². The highest BCUT2D eigenvalue weighted by molar-refractivity contribution is 5.80. The first-order valence-corrected chi connectivity index (χ1v) is 7.56. The maximum atomic E-state index is 12.7. The van der Waals surface area contributed by atoms with E-state index in [4.69, 9.17) is 5.73 Å². The minimum Gasteiger partial charge on any atom is -0.391 e. The number of hydrogen-bond donors (Lipinski definition) is 2. The summed E-state index contributed by atoms with van der Waals surface area (Å²) >= 11 is 0. The fraction of sp³-hybridized carbons (Fsp3) is 0.933. The molecule has 1 heterocycles. The van der Waals surface area contributed by atoms with Gasteiger partial charge >= 0.3 is 0 Å². The highest BCUT2D eigenvalue weighted by Gasteiger charge is 2.46. The van der Waals surface area contributed by atoms with Crippen LogP contribution in [0.2, 0.25) is 0 Å². The number of likely N-dealkylation sites (tertiary alicyclic amines) is 1. The molecule has 1 saturated heterocycles. The first-order chi connectivity index (χ1) is 8.84. The molecule has 1 aliphatic heterocycles. The number of nitrogens with two attached hydrogens (primary N) is 1. The molecule has 4 atom stereocenters. The Labute approximate surface area is 116 Å². The summed E-state index contributed by atoms with van der Waals surface area (Å²) in [6.45, 7) is 7.79. The van der Waals surface area contributed by atoms with Crippen LogP contribution >= 0.6 is 0 Å². The Kier molecular flexibility index (Phi) is 4.21. The van der Waals surface area contributed by atoms with Crippen molar-refractivity contribution in [1.29, 1.82) is 0 Å². The van der Waals surface area contributed by atoms with Crippen molar-refractivity contribution < 1.29 is 9.90 Å². The van der Waals surface area contributed by atoms with Crippen LogP contribution in [0.5, 0.6) is 0 Å². The third-order valence-electron chi connectivity index (χ3n) is 5.51. The van der Waals surface area contributed by atoms with Gasteiger partial charge in [0.05, 0.1) is 6.10 Å². The summed E-state index contributed by atoms with van der Waals surface area (Å²) in [5.41, 5.74) is 6.09. The van der Waals surface area contributed by atoms with Crippen molar-refractivity contribution in [3.63, 3.8) is 0 Å². The number of β-amino-alcohol motifs (C(OH)–C–C–N with tert-alkyl or cyclic N) is 1. The number of nitrogens with zero attached hydrogens (tertiary/aromatic N) is 1. The smallest absolute Gasteiger partial charge is 0.226 e. The Morgan fingerprint density at radius 1 is 1.32 bits per heavy atom. The van der Waals surface area contributed by atoms with E-state index in [-0.39, 0.29) is 29.4 Å². The molecule has 2 aliphatic rings. The van der Waals surface area contributed by atoms with Crippen LogP contribution in [0.4, 0.5) is 0 Å². The highest BCUT2D eigenvalue weighted by Crippen LogP contribution is 2.45. The molecule has 2 rings (SSSR count). The number of aliphatic hydroxyl groups excluding tert-OH is 1. The van der Waals surface area contributed by atoms with Crippen LogP contribution in [0, 0.1) is 17.3 Å². The van der Waals surface area contributed by atoms with E-state index in [1.165, 1.54) is 0 Å². The van der Waals surface area contributed by atoms with Gasteiger partial charge < -0.3 is 15.7 Å². The molecule has 0 aromatic carbocycles. The molecule has 3 N–H and O–H groups in total. The summed E-state index contributed by atoms with van der Waals surface area (Å²) in [6.07, 6.45) is 3.19. The van der Waals surface area contributed by atoms with Crippen molar-refractivity contribution >= 4 is 5.91 Å². The average molecular weight is 268 g/mol. The van der Waals surface area contributed by atoms with Crippen LogP contribution in [0.1, 0.15) is 46.5 Å². The maximum Gasteiger partial charge on any atom is 0.226 e. The van der Waals surface area contributed by atoms with Gasteiger partial charge in [0.2, 0.25) is 5.91 Å². The molecule has 3 unspecified atom stereocenters. The second kappa shape index (κ2) is 5.41. The van der Waals surface area contributed by atoms with Crippen LogP contribution in [0.25, 0.3) is 0 Å². The van der Waals surface area contributed by atoms with Gasteiger partial charge in [0.15, 0.2) is 0 Å². The van der Waals surface area contributed by atoms with Crippen molar-refractivity contribution in [3.05, 3.63) is 0 Å². The fourth-order valence-electron chi connectivity index (χ4n) is 3.67. The molecule has 0 aromatic heterocycles. The predicted molar refractivity (Wildman–Crippen MR) is 75.5 cm³/mol. The monoisotopic (exact) mass is 268 g/mol. The Morgan fingerprint density at radius 2 is 2.00 bits per heavy atom. The molecular weight excluding hydrogens is 240 g/mol. The lowest BCUT2D eigenvalue weighted by molar-refractivity contribution is -0.146. The minimum absolute atomic E-state index is 0.0487. The molecule has 1 saturated carbocycles. The van der Waals surface area contributed by atoms with E-state index in [0.717, 1.165) is 32.2 Å². The summed E-state index contributed by atoms with van der Waals surface area (Å²) in [5.74, 6) is 0.625. The molecule has 1 aliphatic carbocycles. The molecule has 0 aromatic rings. The Bertz CT molecular complexity index is 343. The molecule has 4 nitrogen and oxygen atoms in total. The molecule has 19 heavy (non-hydrogen) atoms. The number of carbonyl (C=O) groups excluding carboxylic acids is 1. The summed E-state index contributed by atoms with van der Waals surface area (Å²) in [5, 5.41) is 9.74. The van der Waals surface area contributed by atoms with E-state index in [1.807, 2.05) is 4.90 Å². The number of aliphatic hydroxyl groups is 1. The van der Waals surface area contributed by atoms with Crippen LogP contribution in [0.3, 0.4) is 0 Å². The number of amides is 1. The Morgan fingerprint density at radius 3 is 2.63 bits per heavy atom. The third-order valence-corrected chi connectivity index (χ3v) is 5.51. The number of hydrogen-bond acceptors (Lipinski definition) is 3. The van der Waals surface area contributed by atoms with E-state index < -0.39 is 0 Å². The van der Waals surface area contributed by atoms with Gasteiger partial charge in [-0.2, -0.15) is 0 Å². The number of piperidine rings is 1. The lowest BCUT2D eigenvalue weighted by atomic mass is 9.60. The first-order valence-electron chi connectivity index (χ1n) is 7.56. The first kappa shape index (κ1) is 14.8. The zero-order valence-corrected chi connectivity index (χ0v) is 12.4. The second-order valence-corrected chi connectivity index (χ2v) is 6.98. The van der Waals surface area contributed by atoms with Crippen LogP contribution < -0.4 is 5.73 Å². The molecule has 0 radical (unpaired) electrons. The molecule has 0 bridgehead atoms. The Hall–Kier alpha value is -0.610. The van der Waals surface area contributed by atoms with E-state index in [1.54, 1.807) is 0 Å². The molecule has 1 amide bonds.